The van der Waals surface area contributed by atoms with Crippen LogP contribution in [0.1, 0.15) is 37.3 Å². The molecule has 5 heteroatoms. The molecule has 3 unspecified atom stereocenters. The van der Waals surface area contributed by atoms with Crippen molar-refractivity contribution in [3.05, 3.63) is 35.1 Å². The summed E-state index contributed by atoms with van der Waals surface area (Å²) in [6, 6.07) is 6.66. The van der Waals surface area contributed by atoms with E-state index in [0.29, 0.717) is 31.7 Å². The molecule has 124 valence electrons. The minimum atomic E-state index is -0.731. The van der Waals surface area contributed by atoms with Gasteiger partial charge in [-0.3, -0.25) is 4.90 Å². The first-order valence-corrected chi connectivity index (χ1v) is 8.24. The monoisotopic (exact) mass is 318 g/mol. The molecule has 1 aromatic rings. The maximum Gasteiger partial charge on any atom is 0.123 e. The van der Waals surface area contributed by atoms with Crippen molar-refractivity contribution in [3.8, 4) is 6.07 Å². The molecule has 0 spiro atoms. The molecular weight excluding hydrogens is 295 g/mol. The third-order valence-electron chi connectivity index (χ3n) is 5.29. The van der Waals surface area contributed by atoms with E-state index in [1.807, 2.05) is 6.92 Å². The lowest BCUT2D eigenvalue weighted by atomic mass is 9.79. The summed E-state index contributed by atoms with van der Waals surface area (Å²) in [5, 5.41) is 19.9. The molecule has 3 atom stereocenters. The molecule has 1 N–H and O–H groups in total. The first-order chi connectivity index (χ1) is 11.0. The molecule has 0 radical (unpaired) electrons. The van der Waals surface area contributed by atoms with Gasteiger partial charge >= 0.3 is 0 Å². The van der Waals surface area contributed by atoms with Crippen molar-refractivity contribution < 1.29 is 14.2 Å². The van der Waals surface area contributed by atoms with Gasteiger partial charge in [-0.1, -0.05) is 0 Å². The molecule has 1 aromatic carbocycles. The Balaban J connectivity index is 1.80. The lowest BCUT2D eigenvalue weighted by Crippen LogP contribution is -2.52. The number of benzene rings is 1. The molecule has 2 saturated heterocycles. The second-order valence-corrected chi connectivity index (χ2v) is 6.88. The highest BCUT2D eigenvalue weighted by molar-refractivity contribution is 5.37. The Morgan fingerprint density at radius 3 is 3.09 bits per heavy atom. The van der Waals surface area contributed by atoms with E-state index in [2.05, 4.69) is 11.0 Å². The van der Waals surface area contributed by atoms with Crippen molar-refractivity contribution in [3.63, 3.8) is 0 Å². The normalized spacial score (nSPS) is 31.9. The summed E-state index contributed by atoms with van der Waals surface area (Å²) in [6.45, 7) is 4.48. The van der Waals surface area contributed by atoms with E-state index in [9.17, 15) is 14.8 Å². The van der Waals surface area contributed by atoms with E-state index < -0.39 is 5.60 Å². The lowest BCUT2D eigenvalue weighted by molar-refractivity contribution is -0.123. The minimum absolute atomic E-state index is 0.0536. The standard InChI is InChI=1S/C18H23FN2O2/c1-18(22)6-8-23-12-16(18)17-3-2-7-21(17)11-14-9-15(19)5-4-13(14)10-20/h4-5,9,16-17,22H,2-3,6-8,11-12H2,1H3. The molecule has 3 rings (SSSR count). The van der Waals surface area contributed by atoms with E-state index in [1.165, 1.54) is 18.2 Å². The molecule has 0 aliphatic carbocycles. The van der Waals surface area contributed by atoms with Crippen LogP contribution in [0.25, 0.3) is 0 Å². The SMILES string of the molecule is CC1(O)CCOCC1C1CCCN1Cc1cc(F)ccc1C#N. The van der Waals surface area contributed by atoms with Gasteiger partial charge in [0, 0.05) is 25.1 Å². The highest BCUT2D eigenvalue weighted by atomic mass is 19.1. The predicted octanol–water partition coefficient (Wildman–Crippen LogP) is 2.45. The fourth-order valence-corrected chi connectivity index (χ4v) is 3.90. The van der Waals surface area contributed by atoms with Crippen LogP contribution in [-0.4, -0.2) is 41.4 Å². The predicted molar refractivity (Wildman–Crippen MR) is 84.1 cm³/mol. The summed E-state index contributed by atoms with van der Waals surface area (Å²) in [7, 11) is 0. The maximum atomic E-state index is 13.5. The topological polar surface area (TPSA) is 56.5 Å². The zero-order chi connectivity index (χ0) is 16.4. The van der Waals surface area contributed by atoms with Gasteiger partial charge in [0.15, 0.2) is 0 Å². The fourth-order valence-electron chi connectivity index (χ4n) is 3.90. The number of nitriles is 1. The molecule has 4 nitrogen and oxygen atoms in total. The second kappa shape index (κ2) is 6.56. The molecule has 2 heterocycles. The number of hydrogen-bond acceptors (Lipinski definition) is 4. The van der Waals surface area contributed by atoms with Gasteiger partial charge in [-0.15, -0.1) is 0 Å². The van der Waals surface area contributed by atoms with Gasteiger partial charge in [-0.2, -0.15) is 5.26 Å². The quantitative estimate of drug-likeness (QED) is 0.930. The van der Waals surface area contributed by atoms with E-state index in [1.54, 1.807) is 0 Å². The summed E-state index contributed by atoms with van der Waals surface area (Å²) in [6.07, 6.45) is 2.70. The van der Waals surface area contributed by atoms with Crippen LogP contribution >= 0.6 is 0 Å². The number of rotatable bonds is 3. The number of likely N-dealkylation sites (tertiary alicyclic amines) is 1. The average Bonchev–Trinajstić information content (AvgIpc) is 2.95. The Kier molecular flexibility index (Phi) is 4.67. The van der Waals surface area contributed by atoms with Gasteiger partial charge in [0.2, 0.25) is 0 Å². The van der Waals surface area contributed by atoms with Crippen LogP contribution in [0, 0.1) is 23.1 Å². The van der Waals surface area contributed by atoms with Crippen molar-refractivity contribution in [1.29, 1.82) is 5.26 Å². The molecule has 0 amide bonds. The summed E-state index contributed by atoms with van der Waals surface area (Å²) in [5.74, 6) is -0.263. The van der Waals surface area contributed by atoms with Crippen molar-refractivity contribution in [1.82, 2.24) is 4.90 Å². The van der Waals surface area contributed by atoms with Gasteiger partial charge < -0.3 is 9.84 Å². The number of halogens is 1. The Bertz CT molecular complexity index is 612. The molecule has 2 fully saturated rings. The second-order valence-electron chi connectivity index (χ2n) is 6.88. The molecule has 23 heavy (non-hydrogen) atoms. The van der Waals surface area contributed by atoms with Crippen molar-refractivity contribution >= 4 is 0 Å². The van der Waals surface area contributed by atoms with Crippen molar-refractivity contribution in [2.45, 2.75) is 44.4 Å². The van der Waals surface area contributed by atoms with Crippen LogP contribution < -0.4 is 0 Å². The van der Waals surface area contributed by atoms with Gasteiger partial charge in [0.05, 0.1) is 23.8 Å². The number of ether oxygens (including phenoxy) is 1. The zero-order valence-corrected chi connectivity index (χ0v) is 13.5. The van der Waals surface area contributed by atoms with Gasteiger partial charge in [0.1, 0.15) is 5.82 Å². The van der Waals surface area contributed by atoms with Gasteiger partial charge in [0.25, 0.3) is 0 Å². The summed E-state index contributed by atoms with van der Waals surface area (Å²) in [5.41, 5.74) is 0.505. The van der Waals surface area contributed by atoms with E-state index in [-0.39, 0.29) is 17.8 Å². The summed E-state index contributed by atoms with van der Waals surface area (Å²) >= 11 is 0. The van der Waals surface area contributed by atoms with Crippen LogP contribution in [0.15, 0.2) is 18.2 Å². The third kappa shape index (κ3) is 3.40. The lowest BCUT2D eigenvalue weighted by Gasteiger charge is -2.43. The largest absolute Gasteiger partial charge is 0.390 e. The van der Waals surface area contributed by atoms with Crippen LogP contribution in [0.5, 0.6) is 0 Å². The van der Waals surface area contributed by atoms with Crippen LogP contribution in [-0.2, 0) is 11.3 Å². The fraction of sp³-hybridized carbons (Fsp3) is 0.611. The molecule has 0 bridgehead atoms. The van der Waals surface area contributed by atoms with E-state index in [4.69, 9.17) is 4.74 Å². The van der Waals surface area contributed by atoms with Gasteiger partial charge in [-0.05, 0) is 56.5 Å². The van der Waals surface area contributed by atoms with Crippen molar-refractivity contribution in [2.75, 3.05) is 19.8 Å². The Hall–Kier alpha value is -1.48. The van der Waals surface area contributed by atoms with Gasteiger partial charge in [-0.25, -0.2) is 4.39 Å². The molecule has 0 saturated carbocycles. The van der Waals surface area contributed by atoms with E-state index in [0.717, 1.165) is 24.9 Å². The van der Waals surface area contributed by atoms with Crippen LogP contribution in [0.4, 0.5) is 4.39 Å². The third-order valence-corrected chi connectivity index (χ3v) is 5.29. The van der Waals surface area contributed by atoms with Crippen molar-refractivity contribution in [2.24, 2.45) is 5.92 Å². The zero-order valence-electron chi connectivity index (χ0n) is 13.5. The summed E-state index contributed by atoms with van der Waals surface area (Å²) in [4.78, 5) is 2.27. The molecule has 0 aromatic heterocycles. The smallest absolute Gasteiger partial charge is 0.123 e. The Morgan fingerprint density at radius 1 is 1.52 bits per heavy atom. The highest BCUT2D eigenvalue weighted by Gasteiger charge is 2.44. The first kappa shape index (κ1) is 16.4. The van der Waals surface area contributed by atoms with Crippen LogP contribution in [0.2, 0.25) is 0 Å². The molecule has 2 aliphatic rings. The summed E-state index contributed by atoms with van der Waals surface area (Å²) < 4.78 is 19.1. The van der Waals surface area contributed by atoms with Crippen LogP contribution in [0.3, 0.4) is 0 Å². The highest BCUT2D eigenvalue weighted by Crippen LogP contribution is 2.36. The molecule has 2 aliphatic heterocycles. The molecular formula is C18H23FN2O2. The Morgan fingerprint density at radius 2 is 2.35 bits per heavy atom. The first-order valence-electron chi connectivity index (χ1n) is 8.24. The number of nitrogens with zero attached hydrogens (tertiary/aromatic N) is 2. The Labute approximate surface area is 136 Å². The van der Waals surface area contributed by atoms with E-state index >= 15 is 0 Å². The average molecular weight is 318 g/mol. The maximum absolute atomic E-state index is 13.5. The number of aliphatic hydroxyl groups is 1. The number of hydrogen-bond donors (Lipinski definition) is 1. The minimum Gasteiger partial charge on any atom is -0.390 e.